The molecule has 1 aliphatic rings. The lowest BCUT2D eigenvalue weighted by Crippen LogP contribution is -2.37. The average Bonchev–Trinajstić information content (AvgIpc) is 2.64. The topological polar surface area (TPSA) is 67.4 Å². The van der Waals surface area contributed by atoms with Gasteiger partial charge < -0.3 is 15.0 Å². The number of rotatable bonds is 5. The number of anilines is 1. The van der Waals surface area contributed by atoms with Crippen molar-refractivity contribution in [2.75, 3.05) is 37.7 Å². The molecule has 7 heteroatoms. The van der Waals surface area contributed by atoms with Crippen molar-refractivity contribution < 1.29 is 9.53 Å². The molecule has 0 saturated carbocycles. The van der Waals surface area contributed by atoms with E-state index in [1.54, 1.807) is 12.3 Å². The molecule has 2 heterocycles. The first-order valence-corrected chi connectivity index (χ1v) is 8.28. The van der Waals surface area contributed by atoms with E-state index in [4.69, 9.17) is 16.3 Å². The summed E-state index contributed by atoms with van der Waals surface area (Å²) in [5, 5.41) is 3.59. The molecule has 1 aromatic heterocycles. The van der Waals surface area contributed by atoms with Gasteiger partial charge in [-0.05, 0) is 30.2 Å². The van der Waals surface area contributed by atoms with E-state index in [1.165, 1.54) is 0 Å². The van der Waals surface area contributed by atoms with E-state index < -0.39 is 0 Å². The molecule has 6 nitrogen and oxygen atoms in total. The van der Waals surface area contributed by atoms with Gasteiger partial charge in [0.15, 0.2) is 0 Å². The minimum absolute atomic E-state index is 0.194. The molecule has 0 atom stereocenters. The number of hydrogen-bond acceptors (Lipinski definition) is 5. The molecule has 1 fully saturated rings. The highest BCUT2D eigenvalue weighted by Crippen LogP contribution is 2.11. The Balaban J connectivity index is 1.55. The monoisotopic (exact) mass is 346 g/mol. The molecule has 0 aliphatic carbocycles. The quantitative estimate of drug-likeness (QED) is 0.896. The minimum Gasteiger partial charge on any atom is -0.378 e. The zero-order valence-corrected chi connectivity index (χ0v) is 14.0. The summed E-state index contributed by atoms with van der Waals surface area (Å²) in [6.45, 7) is 3.32. The second-order valence-corrected chi connectivity index (χ2v) is 5.91. The first-order chi connectivity index (χ1) is 11.7. The summed E-state index contributed by atoms with van der Waals surface area (Å²) in [6, 6.07) is 9.22. The van der Waals surface area contributed by atoms with Gasteiger partial charge >= 0.3 is 0 Å². The molecule has 2 aromatic rings. The van der Waals surface area contributed by atoms with Crippen LogP contribution in [-0.2, 0) is 11.2 Å². The molecule has 1 aromatic carbocycles. The number of carbonyl (C=O) groups is 1. The van der Waals surface area contributed by atoms with Gasteiger partial charge in [0.25, 0.3) is 5.91 Å². The van der Waals surface area contributed by atoms with Gasteiger partial charge in [0.05, 0.1) is 13.2 Å². The molecular formula is C17H19ClN4O2. The Hall–Kier alpha value is -2.18. The van der Waals surface area contributed by atoms with Gasteiger partial charge in [0.2, 0.25) is 5.95 Å². The molecule has 1 amide bonds. The lowest BCUT2D eigenvalue weighted by molar-refractivity contribution is 0.0949. The van der Waals surface area contributed by atoms with Gasteiger partial charge in [0, 0.05) is 30.9 Å². The highest BCUT2D eigenvalue weighted by Gasteiger charge is 2.15. The molecule has 0 unspecified atom stereocenters. The molecular weight excluding hydrogens is 328 g/mol. The summed E-state index contributed by atoms with van der Waals surface area (Å²) in [4.78, 5) is 22.9. The van der Waals surface area contributed by atoms with Crippen LogP contribution in [0.2, 0.25) is 5.02 Å². The first-order valence-electron chi connectivity index (χ1n) is 7.91. The molecule has 3 rings (SSSR count). The van der Waals surface area contributed by atoms with Crippen LogP contribution < -0.4 is 10.2 Å². The van der Waals surface area contributed by atoms with Crippen LogP contribution in [0, 0.1) is 0 Å². The van der Waals surface area contributed by atoms with Crippen LogP contribution in [0.3, 0.4) is 0 Å². The van der Waals surface area contributed by atoms with Gasteiger partial charge in [-0.15, -0.1) is 0 Å². The number of halogens is 1. The molecule has 0 spiro atoms. The smallest absolute Gasteiger partial charge is 0.270 e. The van der Waals surface area contributed by atoms with E-state index in [1.807, 2.05) is 29.2 Å². The Morgan fingerprint density at radius 3 is 2.71 bits per heavy atom. The van der Waals surface area contributed by atoms with Gasteiger partial charge in [-0.25, -0.2) is 9.97 Å². The van der Waals surface area contributed by atoms with Gasteiger partial charge in [0.1, 0.15) is 5.69 Å². The van der Waals surface area contributed by atoms with E-state index in [-0.39, 0.29) is 5.91 Å². The molecule has 1 saturated heterocycles. The highest BCUT2D eigenvalue weighted by molar-refractivity contribution is 6.30. The largest absolute Gasteiger partial charge is 0.378 e. The summed E-state index contributed by atoms with van der Waals surface area (Å²) in [7, 11) is 0. The fraction of sp³-hybridized carbons (Fsp3) is 0.353. The van der Waals surface area contributed by atoms with E-state index in [0.29, 0.717) is 36.4 Å². The number of carbonyl (C=O) groups excluding carboxylic acids is 1. The number of nitrogens with one attached hydrogen (secondary N) is 1. The zero-order valence-electron chi connectivity index (χ0n) is 13.2. The van der Waals surface area contributed by atoms with Crippen LogP contribution in [0.5, 0.6) is 0 Å². The Labute approximate surface area is 145 Å². The number of benzene rings is 1. The van der Waals surface area contributed by atoms with Crippen molar-refractivity contribution >= 4 is 23.5 Å². The van der Waals surface area contributed by atoms with Crippen LogP contribution in [0.4, 0.5) is 5.95 Å². The van der Waals surface area contributed by atoms with Crippen molar-refractivity contribution in [2.45, 2.75) is 6.42 Å². The number of ether oxygens (including phenoxy) is 1. The Kier molecular flexibility index (Phi) is 5.61. The van der Waals surface area contributed by atoms with Gasteiger partial charge in [-0.2, -0.15) is 0 Å². The van der Waals surface area contributed by atoms with Gasteiger partial charge in [-0.3, -0.25) is 4.79 Å². The third-order valence-corrected chi connectivity index (χ3v) is 4.03. The summed E-state index contributed by atoms with van der Waals surface area (Å²) < 4.78 is 5.32. The van der Waals surface area contributed by atoms with Crippen LogP contribution in [0.1, 0.15) is 16.1 Å². The predicted molar refractivity (Wildman–Crippen MR) is 92.6 cm³/mol. The van der Waals surface area contributed by atoms with Crippen molar-refractivity contribution in [3.8, 4) is 0 Å². The van der Waals surface area contributed by atoms with E-state index >= 15 is 0 Å². The summed E-state index contributed by atoms with van der Waals surface area (Å²) in [6.07, 6.45) is 2.36. The first kappa shape index (κ1) is 16.7. The van der Waals surface area contributed by atoms with E-state index in [9.17, 15) is 4.79 Å². The van der Waals surface area contributed by atoms with Gasteiger partial charge in [-0.1, -0.05) is 23.7 Å². The standard InChI is InChI=1S/C17H19ClN4O2/c18-14-3-1-13(2-4-14)5-7-19-16(23)15-6-8-20-17(21-15)22-9-11-24-12-10-22/h1-4,6,8H,5,7,9-12H2,(H,19,23). The molecule has 0 bridgehead atoms. The number of hydrogen-bond donors (Lipinski definition) is 1. The van der Waals surface area contributed by atoms with E-state index in [0.717, 1.165) is 25.1 Å². The van der Waals surface area contributed by atoms with Crippen molar-refractivity contribution in [2.24, 2.45) is 0 Å². The summed E-state index contributed by atoms with van der Waals surface area (Å²) in [5.74, 6) is 0.379. The maximum atomic E-state index is 12.3. The van der Waals surface area contributed by atoms with Crippen LogP contribution in [-0.4, -0.2) is 48.7 Å². The summed E-state index contributed by atoms with van der Waals surface area (Å²) >= 11 is 5.86. The zero-order chi connectivity index (χ0) is 16.8. The highest BCUT2D eigenvalue weighted by atomic mass is 35.5. The maximum absolute atomic E-state index is 12.3. The normalized spacial score (nSPS) is 14.5. The molecule has 1 N–H and O–H groups in total. The fourth-order valence-electron chi connectivity index (χ4n) is 2.45. The van der Waals surface area contributed by atoms with E-state index in [2.05, 4.69) is 15.3 Å². The Morgan fingerprint density at radius 2 is 1.96 bits per heavy atom. The van der Waals surface area contributed by atoms with Crippen LogP contribution in [0.15, 0.2) is 36.5 Å². The number of morpholine rings is 1. The van der Waals surface area contributed by atoms with Crippen molar-refractivity contribution in [1.29, 1.82) is 0 Å². The molecule has 24 heavy (non-hydrogen) atoms. The average molecular weight is 347 g/mol. The lowest BCUT2D eigenvalue weighted by Gasteiger charge is -2.26. The van der Waals surface area contributed by atoms with Crippen molar-refractivity contribution in [3.63, 3.8) is 0 Å². The third kappa shape index (κ3) is 4.43. The number of amides is 1. The molecule has 1 aliphatic heterocycles. The SMILES string of the molecule is O=C(NCCc1ccc(Cl)cc1)c1ccnc(N2CCOCC2)n1. The third-order valence-electron chi connectivity index (χ3n) is 3.78. The second-order valence-electron chi connectivity index (χ2n) is 5.47. The lowest BCUT2D eigenvalue weighted by atomic mass is 10.1. The van der Waals surface area contributed by atoms with Crippen LogP contribution in [0.25, 0.3) is 0 Å². The maximum Gasteiger partial charge on any atom is 0.270 e. The fourth-order valence-corrected chi connectivity index (χ4v) is 2.58. The molecule has 126 valence electrons. The minimum atomic E-state index is -0.194. The number of aromatic nitrogens is 2. The summed E-state index contributed by atoms with van der Waals surface area (Å²) in [5.41, 5.74) is 1.50. The predicted octanol–water partition coefficient (Wildman–Crippen LogP) is 1.94. The van der Waals surface area contributed by atoms with Crippen molar-refractivity contribution in [3.05, 3.63) is 52.8 Å². The number of nitrogens with zero attached hydrogens (tertiary/aromatic N) is 3. The van der Waals surface area contributed by atoms with Crippen molar-refractivity contribution in [1.82, 2.24) is 15.3 Å². The second kappa shape index (κ2) is 8.08. The Bertz CT molecular complexity index is 687. The molecule has 0 radical (unpaired) electrons. The van der Waals surface area contributed by atoms with Crippen LogP contribution >= 0.6 is 11.6 Å². The Morgan fingerprint density at radius 1 is 1.21 bits per heavy atom.